The summed E-state index contributed by atoms with van der Waals surface area (Å²) in [6.45, 7) is 0. The largest absolute Gasteiger partial charge is 0.478 e. The van der Waals surface area contributed by atoms with Crippen LogP contribution in [0.15, 0.2) is 44.1 Å². The van der Waals surface area contributed by atoms with Crippen LogP contribution in [-0.4, -0.2) is 24.2 Å². The average molecular weight is 371 g/mol. The summed E-state index contributed by atoms with van der Waals surface area (Å²) in [6.07, 6.45) is 0. The van der Waals surface area contributed by atoms with Gasteiger partial charge in [-0.2, -0.15) is 0 Å². The summed E-state index contributed by atoms with van der Waals surface area (Å²) in [5.74, 6) is -0.426. The van der Waals surface area contributed by atoms with Gasteiger partial charge in [0.25, 0.3) is 0 Å². The molecule has 2 aromatic rings. The van der Waals surface area contributed by atoms with Gasteiger partial charge in [0.2, 0.25) is 5.76 Å². The van der Waals surface area contributed by atoms with E-state index in [-0.39, 0.29) is 11.3 Å². The Balaban J connectivity index is 2.13. The number of carboxylic acids is 1. The Morgan fingerprint density at radius 2 is 2.10 bits per heavy atom. The zero-order valence-corrected chi connectivity index (χ0v) is 13.4. The number of esters is 1. The molecule has 1 aromatic carbocycles. The van der Waals surface area contributed by atoms with Crippen molar-refractivity contribution in [1.82, 2.24) is 0 Å². The Morgan fingerprint density at radius 1 is 1.33 bits per heavy atom. The number of carbonyl (C=O) groups excluding carboxylic acids is 1. The summed E-state index contributed by atoms with van der Waals surface area (Å²) in [4.78, 5) is 23.1. The molecule has 0 fully saturated rings. The third-order valence-electron chi connectivity index (χ3n) is 2.59. The van der Waals surface area contributed by atoms with Crippen molar-refractivity contribution in [2.24, 2.45) is 0 Å². The van der Waals surface area contributed by atoms with Crippen LogP contribution in [0.5, 0.6) is 0 Å². The van der Waals surface area contributed by atoms with E-state index >= 15 is 0 Å². The quantitative estimate of drug-likeness (QED) is 0.636. The van der Waals surface area contributed by atoms with E-state index in [9.17, 15) is 9.59 Å². The van der Waals surface area contributed by atoms with Crippen LogP contribution < -0.4 is 0 Å². The Kier molecular flexibility index (Phi) is 5.08. The standard InChI is InChI=1S/C14H11BrO5S/c1-19-14(18)11-5-3-9(20-11)7-21-12-6-8(15)2-4-10(12)13(16)17/h2-6H,7H2,1H3,(H,16,17). The second-order valence-electron chi connectivity index (χ2n) is 3.99. The molecule has 0 atom stereocenters. The molecule has 2 rings (SSSR count). The van der Waals surface area contributed by atoms with Crippen LogP contribution in [0.1, 0.15) is 26.7 Å². The third-order valence-corrected chi connectivity index (χ3v) is 4.16. The lowest BCUT2D eigenvalue weighted by Crippen LogP contribution is -1.99. The van der Waals surface area contributed by atoms with Crippen LogP contribution in [0, 0.1) is 0 Å². The summed E-state index contributed by atoms with van der Waals surface area (Å²) in [5.41, 5.74) is 0.225. The highest BCUT2D eigenvalue weighted by molar-refractivity contribution is 9.10. The zero-order chi connectivity index (χ0) is 15.4. The smallest absolute Gasteiger partial charge is 0.373 e. The monoisotopic (exact) mass is 370 g/mol. The van der Waals surface area contributed by atoms with Crippen LogP contribution in [-0.2, 0) is 10.5 Å². The first-order valence-electron chi connectivity index (χ1n) is 5.84. The molecule has 0 aliphatic rings. The molecule has 1 N–H and O–H groups in total. The van der Waals surface area contributed by atoms with Crippen molar-refractivity contribution in [2.75, 3.05) is 7.11 Å². The molecule has 0 saturated heterocycles. The van der Waals surface area contributed by atoms with Gasteiger partial charge in [-0.05, 0) is 30.3 Å². The first-order chi connectivity index (χ1) is 10.0. The molecule has 5 nitrogen and oxygen atoms in total. The SMILES string of the molecule is COC(=O)c1ccc(CSc2cc(Br)ccc2C(=O)O)o1. The van der Waals surface area contributed by atoms with Crippen LogP contribution in [0.25, 0.3) is 0 Å². The number of rotatable bonds is 5. The number of halogens is 1. The zero-order valence-electron chi connectivity index (χ0n) is 11.0. The number of benzene rings is 1. The number of furan rings is 1. The van der Waals surface area contributed by atoms with Crippen molar-refractivity contribution in [3.63, 3.8) is 0 Å². The molecule has 0 aliphatic carbocycles. The number of carboxylic acid groups (broad SMARTS) is 1. The predicted octanol–water partition coefficient (Wildman–Crippen LogP) is 3.82. The van der Waals surface area contributed by atoms with Gasteiger partial charge in [0.1, 0.15) is 5.76 Å². The molecule has 0 radical (unpaired) electrons. The van der Waals surface area contributed by atoms with Gasteiger partial charge in [-0.3, -0.25) is 0 Å². The fraction of sp³-hybridized carbons (Fsp3) is 0.143. The minimum absolute atomic E-state index is 0.126. The molecule has 110 valence electrons. The van der Waals surface area contributed by atoms with Crippen molar-refractivity contribution in [3.05, 3.63) is 51.9 Å². The van der Waals surface area contributed by atoms with Crippen LogP contribution in [0.4, 0.5) is 0 Å². The molecule has 7 heteroatoms. The van der Waals surface area contributed by atoms with Crippen LogP contribution >= 0.6 is 27.7 Å². The lowest BCUT2D eigenvalue weighted by Gasteiger charge is -2.05. The van der Waals surface area contributed by atoms with Crippen molar-refractivity contribution < 1.29 is 23.8 Å². The highest BCUT2D eigenvalue weighted by Crippen LogP contribution is 2.29. The lowest BCUT2D eigenvalue weighted by atomic mass is 10.2. The van der Waals surface area contributed by atoms with E-state index in [4.69, 9.17) is 9.52 Å². The van der Waals surface area contributed by atoms with E-state index in [2.05, 4.69) is 20.7 Å². The number of thioether (sulfide) groups is 1. The van der Waals surface area contributed by atoms with E-state index in [1.54, 1.807) is 18.2 Å². The molecule has 1 aromatic heterocycles. The van der Waals surface area contributed by atoms with Gasteiger partial charge < -0.3 is 14.3 Å². The highest BCUT2D eigenvalue weighted by atomic mass is 79.9. The van der Waals surface area contributed by atoms with E-state index in [0.717, 1.165) is 4.47 Å². The summed E-state index contributed by atoms with van der Waals surface area (Å²) >= 11 is 4.63. The summed E-state index contributed by atoms with van der Waals surface area (Å²) in [6, 6.07) is 8.14. The lowest BCUT2D eigenvalue weighted by molar-refractivity contribution is 0.0563. The molecule has 1 heterocycles. The fourth-order valence-corrected chi connectivity index (χ4v) is 3.09. The maximum atomic E-state index is 11.3. The van der Waals surface area contributed by atoms with Crippen molar-refractivity contribution in [2.45, 2.75) is 10.6 Å². The summed E-state index contributed by atoms with van der Waals surface area (Å²) in [7, 11) is 1.28. The first-order valence-corrected chi connectivity index (χ1v) is 7.62. The second kappa shape index (κ2) is 6.82. The molecule has 21 heavy (non-hydrogen) atoms. The van der Waals surface area contributed by atoms with E-state index in [1.807, 2.05) is 0 Å². The van der Waals surface area contributed by atoms with E-state index < -0.39 is 11.9 Å². The van der Waals surface area contributed by atoms with E-state index in [0.29, 0.717) is 16.4 Å². The van der Waals surface area contributed by atoms with Crippen molar-refractivity contribution in [3.8, 4) is 0 Å². The van der Waals surface area contributed by atoms with Crippen molar-refractivity contribution >= 4 is 39.6 Å². The van der Waals surface area contributed by atoms with Gasteiger partial charge in [-0.1, -0.05) is 15.9 Å². The maximum absolute atomic E-state index is 11.3. The molecule has 0 aliphatic heterocycles. The van der Waals surface area contributed by atoms with Gasteiger partial charge in [-0.15, -0.1) is 11.8 Å². The first kappa shape index (κ1) is 15.7. The van der Waals surface area contributed by atoms with Gasteiger partial charge in [0, 0.05) is 9.37 Å². The maximum Gasteiger partial charge on any atom is 0.373 e. The van der Waals surface area contributed by atoms with Crippen LogP contribution in [0.3, 0.4) is 0 Å². The van der Waals surface area contributed by atoms with E-state index in [1.165, 1.54) is 31.0 Å². The summed E-state index contributed by atoms with van der Waals surface area (Å²) in [5, 5.41) is 9.15. The Hall–Kier alpha value is -1.73. The fourth-order valence-electron chi connectivity index (χ4n) is 1.61. The minimum Gasteiger partial charge on any atom is -0.478 e. The number of aromatic carboxylic acids is 1. The third kappa shape index (κ3) is 3.89. The van der Waals surface area contributed by atoms with Gasteiger partial charge in [0.15, 0.2) is 0 Å². The van der Waals surface area contributed by atoms with Crippen LogP contribution in [0.2, 0.25) is 0 Å². The number of carbonyl (C=O) groups is 2. The Labute approximate surface area is 133 Å². The average Bonchev–Trinajstić information content (AvgIpc) is 2.93. The summed E-state index contributed by atoms with van der Waals surface area (Å²) < 4.78 is 10.7. The number of hydrogen-bond acceptors (Lipinski definition) is 5. The number of ether oxygens (including phenoxy) is 1. The molecule has 0 saturated carbocycles. The normalized spacial score (nSPS) is 10.4. The van der Waals surface area contributed by atoms with Gasteiger partial charge >= 0.3 is 11.9 Å². The molecule has 0 spiro atoms. The highest BCUT2D eigenvalue weighted by Gasteiger charge is 2.14. The number of methoxy groups -OCH3 is 1. The second-order valence-corrected chi connectivity index (χ2v) is 5.92. The molecule has 0 bridgehead atoms. The predicted molar refractivity (Wildman–Crippen MR) is 80.7 cm³/mol. The molecule has 0 amide bonds. The van der Waals surface area contributed by atoms with Crippen molar-refractivity contribution in [1.29, 1.82) is 0 Å². The van der Waals surface area contributed by atoms with Gasteiger partial charge in [0.05, 0.1) is 18.4 Å². The molecular formula is C14H11BrO5S. The minimum atomic E-state index is -0.986. The number of hydrogen-bond donors (Lipinski definition) is 1. The molecule has 0 unspecified atom stereocenters. The Bertz CT molecular complexity index is 680. The Morgan fingerprint density at radius 3 is 2.76 bits per heavy atom. The topological polar surface area (TPSA) is 76.7 Å². The van der Waals surface area contributed by atoms with Gasteiger partial charge in [-0.25, -0.2) is 9.59 Å². The molecular weight excluding hydrogens is 360 g/mol.